The molecule has 0 saturated carbocycles. The summed E-state index contributed by atoms with van der Waals surface area (Å²) in [6, 6.07) is 6.09. The van der Waals surface area contributed by atoms with Crippen molar-refractivity contribution in [3.05, 3.63) is 23.8 Å². The normalized spacial score (nSPS) is 18.2. The molecule has 0 unspecified atom stereocenters. The van der Waals surface area contributed by atoms with Crippen molar-refractivity contribution < 1.29 is 9.84 Å². The Morgan fingerprint density at radius 2 is 2.00 bits per heavy atom. The van der Waals surface area contributed by atoms with Gasteiger partial charge in [0.2, 0.25) is 0 Å². The van der Waals surface area contributed by atoms with Gasteiger partial charge in [-0.3, -0.25) is 0 Å². The van der Waals surface area contributed by atoms with Crippen molar-refractivity contribution in [3.63, 3.8) is 0 Å². The third-order valence-electron chi connectivity index (χ3n) is 4.04. The van der Waals surface area contributed by atoms with Crippen LogP contribution in [0.25, 0.3) is 0 Å². The van der Waals surface area contributed by atoms with Crippen LogP contribution in [0.15, 0.2) is 18.2 Å². The van der Waals surface area contributed by atoms with Crippen LogP contribution in [0.5, 0.6) is 0 Å². The van der Waals surface area contributed by atoms with Gasteiger partial charge < -0.3 is 25.4 Å². The largest absolute Gasteiger partial charge is 0.399 e. The highest BCUT2D eigenvalue weighted by atomic mass is 16.5. The predicted molar refractivity (Wildman–Crippen MR) is 86.5 cm³/mol. The van der Waals surface area contributed by atoms with Crippen molar-refractivity contribution in [2.75, 3.05) is 51.5 Å². The van der Waals surface area contributed by atoms with Crippen LogP contribution < -0.4 is 10.6 Å². The molecule has 1 aliphatic heterocycles. The number of nitrogen functional groups attached to an aromatic ring is 1. The van der Waals surface area contributed by atoms with Gasteiger partial charge in [-0.2, -0.15) is 0 Å². The van der Waals surface area contributed by atoms with Crippen LogP contribution in [-0.4, -0.2) is 56.5 Å². The van der Waals surface area contributed by atoms with E-state index in [9.17, 15) is 5.11 Å². The maximum Gasteiger partial charge on any atom is 0.0913 e. The van der Waals surface area contributed by atoms with Crippen LogP contribution in [0.2, 0.25) is 0 Å². The first-order chi connectivity index (χ1) is 9.93. The summed E-state index contributed by atoms with van der Waals surface area (Å²) in [4.78, 5) is 4.48. The van der Waals surface area contributed by atoms with Crippen molar-refractivity contribution in [1.29, 1.82) is 0 Å². The predicted octanol–water partition coefficient (Wildman–Crippen LogP) is 1.31. The summed E-state index contributed by atoms with van der Waals surface area (Å²) < 4.78 is 5.13. The second kappa shape index (κ2) is 6.64. The number of anilines is 2. The second-order valence-corrected chi connectivity index (χ2v) is 6.27. The highest BCUT2D eigenvalue weighted by Crippen LogP contribution is 2.30. The summed E-state index contributed by atoms with van der Waals surface area (Å²) in [5, 5.41) is 10.4. The Bertz CT molecular complexity index is 469. The Kier molecular flexibility index (Phi) is 5.08. The molecule has 21 heavy (non-hydrogen) atoms. The Morgan fingerprint density at radius 3 is 2.57 bits per heavy atom. The van der Waals surface area contributed by atoms with Crippen LogP contribution >= 0.6 is 0 Å². The van der Waals surface area contributed by atoms with Crippen molar-refractivity contribution in [2.24, 2.45) is 0 Å². The van der Waals surface area contributed by atoms with E-state index in [0.29, 0.717) is 6.61 Å². The topological polar surface area (TPSA) is 62.0 Å². The molecule has 0 spiro atoms. The lowest BCUT2D eigenvalue weighted by molar-refractivity contribution is -0.0472. The van der Waals surface area contributed by atoms with Crippen LogP contribution in [0.4, 0.5) is 11.4 Å². The zero-order chi connectivity index (χ0) is 15.5. The second-order valence-electron chi connectivity index (χ2n) is 6.27. The molecule has 0 amide bonds. The number of ether oxygens (including phenoxy) is 1. The molecule has 1 fully saturated rings. The van der Waals surface area contributed by atoms with E-state index in [0.717, 1.165) is 38.2 Å². The molecule has 2 rings (SSSR count). The van der Waals surface area contributed by atoms with Crippen molar-refractivity contribution in [3.8, 4) is 0 Å². The minimum absolute atomic E-state index is 0.410. The van der Waals surface area contributed by atoms with Crippen LogP contribution in [0.1, 0.15) is 18.4 Å². The molecule has 0 atom stereocenters. The summed E-state index contributed by atoms with van der Waals surface area (Å²) in [6.07, 6.45) is 1.46. The standard InChI is InChI=1S/C16H27N3O2/c1-18(2)11-13-10-14(17)4-5-15(13)19-8-6-16(20,7-9-19)12-21-3/h4-5,10,20H,6-9,11-12,17H2,1-3H3. The van der Waals surface area contributed by atoms with Gasteiger partial charge in [-0.25, -0.2) is 0 Å². The Morgan fingerprint density at radius 1 is 1.33 bits per heavy atom. The van der Waals surface area contributed by atoms with Gasteiger partial charge >= 0.3 is 0 Å². The molecule has 1 aromatic rings. The number of rotatable bonds is 5. The number of hydrogen-bond donors (Lipinski definition) is 2. The summed E-state index contributed by atoms with van der Waals surface area (Å²) >= 11 is 0. The molecule has 3 N–H and O–H groups in total. The van der Waals surface area contributed by atoms with Gasteiger partial charge in [0, 0.05) is 38.1 Å². The van der Waals surface area contributed by atoms with Gasteiger partial charge in [-0.1, -0.05) is 0 Å². The smallest absolute Gasteiger partial charge is 0.0913 e. The number of nitrogens with zero attached hydrogens (tertiary/aromatic N) is 2. The number of benzene rings is 1. The molecule has 5 heteroatoms. The lowest BCUT2D eigenvalue weighted by atomic mass is 9.91. The first-order valence-corrected chi connectivity index (χ1v) is 7.43. The van der Waals surface area contributed by atoms with E-state index in [1.54, 1.807) is 7.11 Å². The Hall–Kier alpha value is -1.30. The fourth-order valence-corrected chi connectivity index (χ4v) is 2.96. The van der Waals surface area contributed by atoms with Gasteiger partial charge in [0.05, 0.1) is 12.2 Å². The molecule has 118 valence electrons. The van der Waals surface area contributed by atoms with E-state index in [1.165, 1.54) is 11.3 Å². The lowest BCUT2D eigenvalue weighted by Gasteiger charge is -2.39. The first-order valence-electron chi connectivity index (χ1n) is 7.43. The average Bonchev–Trinajstić information content (AvgIpc) is 2.40. The molecule has 1 aliphatic rings. The third-order valence-corrected chi connectivity index (χ3v) is 4.04. The maximum absolute atomic E-state index is 10.4. The van der Waals surface area contributed by atoms with Crippen LogP contribution in [-0.2, 0) is 11.3 Å². The zero-order valence-electron chi connectivity index (χ0n) is 13.3. The summed E-state index contributed by atoms with van der Waals surface area (Å²) in [7, 11) is 5.75. The monoisotopic (exact) mass is 293 g/mol. The van der Waals surface area contributed by atoms with Crippen molar-refractivity contribution >= 4 is 11.4 Å². The number of aliphatic hydroxyl groups is 1. The number of nitrogens with two attached hydrogens (primary N) is 1. The zero-order valence-corrected chi connectivity index (χ0v) is 13.3. The lowest BCUT2D eigenvalue weighted by Crippen LogP contribution is -2.47. The first kappa shape index (κ1) is 16.1. The van der Waals surface area contributed by atoms with E-state index in [2.05, 4.69) is 30.0 Å². The van der Waals surface area contributed by atoms with E-state index in [-0.39, 0.29) is 0 Å². The molecule has 0 bridgehead atoms. The van der Waals surface area contributed by atoms with Gasteiger partial charge in [-0.15, -0.1) is 0 Å². The fraction of sp³-hybridized carbons (Fsp3) is 0.625. The molecule has 1 saturated heterocycles. The van der Waals surface area contributed by atoms with E-state index in [1.807, 2.05) is 12.1 Å². The summed E-state index contributed by atoms with van der Waals surface area (Å²) in [6.45, 7) is 2.95. The summed E-state index contributed by atoms with van der Waals surface area (Å²) in [5.41, 5.74) is 8.49. The van der Waals surface area contributed by atoms with E-state index in [4.69, 9.17) is 10.5 Å². The minimum atomic E-state index is -0.680. The molecule has 5 nitrogen and oxygen atoms in total. The Labute approximate surface area is 127 Å². The third kappa shape index (κ3) is 4.09. The van der Waals surface area contributed by atoms with Gasteiger partial charge in [-0.05, 0) is 50.7 Å². The van der Waals surface area contributed by atoms with Crippen LogP contribution in [0, 0.1) is 0 Å². The maximum atomic E-state index is 10.4. The average molecular weight is 293 g/mol. The van der Waals surface area contributed by atoms with E-state index >= 15 is 0 Å². The molecule has 0 radical (unpaired) electrons. The van der Waals surface area contributed by atoms with E-state index < -0.39 is 5.60 Å². The van der Waals surface area contributed by atoms with Gasteiger partial charge in [0.25, 0.3) is 0 Å². The highest BCUT2D eigenvalue weighted by molar-refractivity contribution is 5.60. The van der Waals surface area contributed by atoms with Gasteiger partial charge in [0.1, 0.15) is 0 Å². The van der Waals surface area contributed by atoms with Gasteiger partial charge in [0.15, 0.2) is 0 Å². The number of piperidine rings is 1. The molecular formula is C16H27N3O2. The molecule has 0 aromatic heterocycles. The highest BCUT2D eigenvalue weighted by Gasteiger charge is 2.32. The number of hydrogen-bond acceptors (Lipinski definition) is 5. The van der Waals surface area contributed by atoms with Crippen molar-refractivity contribution in [1.82, 2.24) is 4.90 Å². The summed E-state index contributed by atoms with van der Waals surface area (Å²) in [5.74, 6) is 0. The molecule has 0 aliphatic carbocycles. The molecule has 1 aromatic carbocycles. The minimum Gasteiger partial charge on any atom is -0.399 e. The van der Waals surface area contributed by atoms with Crippen LogP contribution in [0.3, 0.4) is 0 Å². The number of methoxy groups -OCH3 is 1. The SMILES string of the molecule is COCC1(O)CCN(c2ccc(N)cc2CN(C)C)CC1. The molecule has 1 heterocycles. The Balaban J connectivity index is 2.12. The quantitative estimate of drug-likeness (QED) is 0.802. The molecular weight excluding hydrogens is 266 g/mol. The fourth-order valence-electron chi connectivity index (χ4n) is 2.96. The van der Waals surface area contributed by atoms with Crippen molar-refractivity contribution in [2.45, 2.75) is 25.0 Å².